The predicted octanol–water partition coefficient (Wildman–Crippen LogP) is 3.03. The van der Waals surface area contributed by atoms with E-state index < -0.39 is 5.82 Å². The number of nitrogens with two attached hydrogens (primary N) is 1. The van der Waals surface area contributed by atoms with Gasteiger partial charge in [0.1, 0.15) is 5.82 Å². The molecule has 0 saturated carbocycles. The van der Waals surface area contributed by atoms with Crippen LogP contribution in [0.15, 0.2) is 42.5 Å². The highest BCUT2D eigenvalue weighted by Gasteiger charge is 2.10. The first-order chi connectivity index (χ1) is 9.56. The Kier molecular flexibility index (Phi) is 4.58. The van der Waals surface area contributed by atoms with Crippen molar-refractivity contribution in [1.82, 2.24) is 5.32 Å². The van der Waals surface area contributed by atoms with Gasteiger partial charge in [-0.15, -0.1) is 0 Å². The Morgan fingerprint density at radius 2 is 2.05 bits per heavy atom. The molecule has 0 aliphatic rings. The third-order valence-electron chi connectivity index (χ3n) is 2.85. The highest BCUT2D eigenvalue weighted by molar-refractivity contribution is 6.30. The second-order valence-corrected chi connectivity index (χ2v) is 4.80. The molecule has 0 saturated heterocycles. The van der Waals surface area contributed by atoms with Crippen molar-refractivity contribution in [3.63, 3.8) is 0 Å². The number of halogens is 2. The van der Waals surface area contributed by atoms with Gasteiger partial charge in [0.2, 0.25) is 0 Å². The average Bonchev–Trinajstić information content (AvgIpc) is 2.41. The van der Waals surface area contributed by atoms with Gasteiger partial charge in [-0.2, -0.15) is 0 Å². The topological polar surface area (TPSA) is 55.1 Å². The van der Waals surface area contributed by atoms with Crippen molar-refractivity contribution < 1.29 is 9.18 Å². The lowest BCUT2D eigenvalue weighted by Crippen LogP contribution is -2.26. The Labute approximate surface area is 121 Å². The van der Waals surface area contributed by atoms with Crippen LogP contribution in [0, 0.1) is 5.82 Å². The first kappa shape index (κ1) is 14.3. The fourth-order valence-electron chi connectivity index (χ4n) is 1.83. The normalized spacial score (nSPS) is 10.3. The number of amides is 1. The first-order valence-electron chi connectivity index (χ1n) is 6.14. The van der Waals surface area contributed by atoms with E-state index in [9.17, 15) is 9.18 Å². The maximum absolute atomic E-state index is 13.1. The molecule has 0 bridgehead atoms. The van der Waals surface area contributed by atoms with Crippen LogP contribution in [-0.2, 0) is 6.42 Å². The standard InChI is InChI=1S/C15H14ClFN2O/c16-11-3-1-2-10(8-11)6-7-19-15(20)13-9-12(17)4-5-14(13)18/h1-5,8-9H,6-7,18H2,(H,19,20). The van der Waals surface area contributed by atoms with E-state index in [1.165, 1.54) is 12.1 Å². The molecule has 0 heterocycles. The summed E-state index contributed by atoms with van der Waals surface area (Å²) in [5.41, 5.74) is 7.07. The van der Waals surface area contributed by atoms with Crippen LogP contribution in [0.2, 0.25) is 5.02 Å². The summed E-state index contributed by atoms with van der Waals surface area (Å²) >= 11 is 5.87. The van der Waals surface area contributed by atoms with Crippen molar-refractivity contribution in [1.29, 1.82) is 0 Å². The van der Waals surface area contributed by atoms with Gasteiger partial charge in [-0.3, -0.25) is 4.79 Å². The Morgan fingerprint density at radius 1 is 1.25 bits per heavy atom. The van der Waals surface area contributed by atoms with Crippen molar-refractivity contribution in [3.8, 4) is 0 Å². The van der Waals surface area contributed by atoms with Gasteiger partial charge in [0.25, 0.3) is 5.91 Å². The molecule has 104 valence electrons. The molecule has 0 aliphatic heterocycles. The summed E-state index contributed by atoms with van der Waals surface area (Å²) in [7, 11) is 0. The number of hydrogen-bond acceptors (Lipinski definition) is 2. The molecule has 5 heteroatoms. The van der Waals surface area contributed by atoms with Crippen LogP contribution in [-0.4, -0.2) is 12.5 Å². The minimum absolute atomic E-state index is 0.149. The smallest absolute Gasteiger partial charge is 0.253 e. The lowest BCUT2D eigenvalue weighted by molar-refractivity contribution is 0.0954. The molecule has 2 aromatic carbocycles. The molecule has 0 spiro atoms. The highest BCUT2D eigenvalue weighted by Crippen LogP contribution is 2.13. The SMILES string of the molecule is Nc1ccc(F)cc1C(=O)NCCc1cccc(Cl)c1. The van der Waals surface area contributed by atoms with Gasteiger partial charge in [-0.05, 0) is 42.3 Å². The van der Waals surface area contributed by atoms with Crippen molar-refractivity contribution >= 4 is 23.2 Å². The van der Waals surface area contributed by atoms with Crippen LogP contribution in [0.3, 0.4) is 0 Å². The minimum Gasteiger partial charge on any atom is -0.398 e. The van der Waals surface area contributed by atoms with Crippen LogP contribution in [0.4, 0.5) is 10.1 Å². The summed E-state index contributed by atoms with van der Waals surface area (Å²) in [6.07, 6.45) is 0.640. The van der Waals surface area contributed by atoms with Crippen molar-refractivity contribution in [2.75, 3.05) is 12.3 Å². The van der Waals surface area contributed by atoms with Crippen LogP contribution in [0.1, 0.15) is 15.9 Å². The molecule has 3 N–H and O–H groups in total. The van der Waals surface area contributed by atoms with Gasteiger partial charge in [0, 0.05) is 17.3 Å². The number of hydrogen-bond donors (Lipinski definition) is 2. The number of anilines is 1. The van der Waals surface area contributed by atoms with E-state index in [2.05, 4.69) is 5.32 Å². The Bertz CT molecular complexity index is 631. The molecule has 0 radical (unpaired) electrons. The lowest BCUT2D eigenvalue weighted by Gasteiger charge is -2.08. The predicted molar refractivity (Wildman–Crippen MR) is 78.3 cm³/mol. The number of benzene rings is 2. The zero-order chi connectivity index (χ0) is 14.5. The summed E-state index contributed by atoms with van der Waals surface area (Å²) < 4.78 is 13.1. The largest absolute Gasteiger partial charge is 0.398 e. The molecule has 0 aromatic heterocycles. The molecule has 1 amide bonds. The molecule has 0 fully saturated rings. The second-order valence-electron chi connectivity index (χ2n) is 4.37. The van der Waals surface area contributed by atoms with Gasteiger partial charge in [0.15, 0.2) is 0 Å². The molecule has 2 aromatic rings. The molecule has 3 nitrogen and oxygen atoms in total. The van der Waals surface area contributed by atoms with Crippen LogP contribution in [0.5, 0.6) is 0 Å². The van der Waals surface area contributed by atoms with E-state index >= 15 is 0 Å². The minimum atomic E-state index is -0.487. The van der Waals surface area contributed by atoms with E-state index in [1.807, 2.05) is 18.2 Å². The molecule has 0 aliphatic carbocycles. The fraction of sp³-hybridized carbons (Fsp3) is 0.133. The van der Waals surface area contributed by atoms with E-state index in [1.54, 1.807) is 6.07 Å². The quantitative estimate of drug-likeness (QED) is 0.851. The van der Waals surface area contributed by atoms with Crippen molar-refractivity contribution in [3.05, 3.63) is 64.4 Å². The number of carbonyl (C=O) groups excluding carboxylic acids is 1. The van der Waals surface area contributed by atoms with Crippen LogP contribution in [0.25, 0.3) is 0 Å². The Hall–Kier alpha value is -2.07. The monoisotopic (exact) mass is 292 g/mol. The van der Waals surface area contributed by atoms with E-state index in [0.29, 0.717) is 18.0 Å². The summed E-state index contributed by atoms with van der Waals surface area (Å²) in [6, 6.07) is 11.1. The summed E-state index contributed by atoms with van der Waals surface area (Å²) in [4.78, 5) is 11.9. The van der Waals surface area contributed by atoms with Gasteiger partial charge >= 0.3 is 0 Å². The van der Waals surface area contributed by atoms with Crippen LogP contribution < -0.4 is 11.1 Å². The summed E-state index contributed by atoms with van der Waals surface area (Å²) in [5.74, 6) is -0.872. The van der Waals surface area contributed by atoms with Gasteiger partial charge in [-0.25, -0.2) is 4.39 Å². The molecule has 2 rings (SSSR count). The van der Waals surface area contributed by atoms with Gasteiger partial charge in [-0.1, -0.05) is 23.7 Å². The summed E-state index contributed by atoms with van der Waals surface area (Å²) in [5, 5.41) is 3.36. The third-order valence-corrected chi connectivity index (χ3v) is 3.08. The maximum atomic E-state index is 13.1. The first-order valence-corrected chi connectivity index (χ1v) is 6.52. The second kappa shape index (κ2) is 6.39. The number of rotatable bonds is 4. The molecule has 0 atom stereocenters. The fourth-order valence-corrected chi connectivity index (χ4v) is 2.05. The zero-order valence-electron chi connectivity index (χ0n) is 10.7. The average molecular weight is 293 g/mol. The number of nitrogens with one attached hydrogen (secondary N) is 1. The molecule has 0 unspecified atom stereocenters. The van der Waals surface area contributed by atoms with Crippen LogP contribution >= 0.6 is 11.6 Å². The highest BCUT2D eigenvalue weighted by atomic mass is 35.5. The maximum Gasteiger partial charge on any atom is 0.253 e. The van der Waals surface area contributed by atoms with Gasteiger partial charge < -0.3 is 11.1 Å². The lowest BCUT2D eigenvalue weighted by atomic mass is 10.1. The van der Waals surface area contributed by atoms with Crippen molar-refractivity contribution in [2.45, 2.75) is 6.42 Å². The van der Waals surface area contributed by atoms with E-state index in [-0.39, 0.29) is 17.2 Å². The third kappa shape index (κ3) is 3.71. The molecular formula is C15H14ClFN2O. The summed E-state index contributed by atoms with van der Waals surface area (Å²) in [6.45, 7) is 0.426. The number of carbonyl (C=O) groups is 1. The molecule has 20 heavy (non-hydrogen) atoms. The van der Waals surface area contributed by atoms with Gasteiger partial charge in [0.05, 0.1) is 5.56 Å². The molecular weight excluding hydrogens is 279 g/mol. The van der Waals surface area contributed by atoms with E-state index in [4.69, 9.17) is 17.3 Å². The number of nitrogen functional groups attached to an aromatic ring is 1. The van der Waals surface area contributed by atoms with Crippen molar-refractivity contribution in [2.24, 2.45) is 0 Å². The zero-order valence-corrected chi connectivity index (χ0v) is 11.5. The Morgan fingerprint density at radius 3 is 2.80 bits per heavy atom. The Balaban J connectivity index is 1.94. The van der Waals surface area contributed by atoms with E-state index in [0.717, 1.165) is 11.6 Å².